The van der Waals surface area contributed by atoms with Gasteiger partial charge in [-0.05, 0) is 55.1 Å². The number of nitriles is 1. The Morgan fingerprint density at radius 3 is 2.72 bits per heavy atom. The zero-order chi connectivity index (χ0) is 23.5. The van der Waals surface area contributed by atoms with E-state index in [2.05, 4.69) is 21.4 Å². The van der Waals surface area contributed by atoms with Gasteiger partial charge in [-0.2, -0.15) is 18.4 Å². The van der Waals surface area contributed by atoms with Crippen LogP contribution in [-0.2, 0) is 19.0 Å². The van der Waals surface area contributed by atoms with Crippen LogP contribution in [0.1, 0.15) is 55.5 Å². The zero-order valence-corrected chi connectivity index (χ0v) is 18.8. The summed E-state index contributed by atoms with van der Waals surface area (Å²) in [6.07, 6.45) is -0.397. The Kier molecular flexibility index (Phi) is 7.31. The van der Waals surface area contributed by atoms with Gasteiger partial charge < -0.3 is 10.4 Å². The Hall–Kier alpha value is -2.37. The van der Waals surface area contributed by atoms with Gasteiger partial charge in [-0.3, -0.25) is 0 Å². The van der Waals surface area contributed by atoms with E-state index in [9.17, 15) is 23.5 Å². The summed E-state index contributed by atoms with van der Waals surface area (Å²) in [4.78, 5) is 8.60. The second-order valence-electron chi connectivity index (χ2n) is 8.97. The number of alkyl halides is 3. The number of rotatable bonds is 6. The van der Waals surface area contributed by atoms with Gasteiger partial charge in [0.25, 0.3) is 0 Å². The highest BCUT2D eigenvalue weighted by molar-refractivity contribution is 6.31. The summed E-state index contributed by atoms with van der Waals surface area (Å²) in [6.45, 7) is 4.25. The van der Waals surface area contributed by atoms with Crippen molar-refractivity contribution in [2.24, 2.45) is 11.3 Å². The Morgan fingerprint density at radius 1 is 1.31 bits per heavy atom. The van der Waals surface area contributed by atoms with Crippen molar-refractivity contribution < 1.29 is 18.3 Å². The second-order valence-corrected chi connectivity index (χ2v) is 9.38. The van der Waals surface area contributed by atoms with Crippen LogP contribution >= 0.6 is 11.6 Å². The van der Waals surface area contributed by atoms with E-state index in [1.54, 1.807) is 0 Å². The number of anilines is 1. The molecule has 0 bridgehead atoms. The molecule has 5 nitrogen and oxygen atoms in total. The van der Waals surface area contributed by atoms with Crippen LogP contribution in [0.3, 0.4) is 0 Å². The van der Waals surface area contributed by atoms with E-state index in [4.69, 9.17) is 11.6 Å². The molecule has 1 heterocycles. The van der Waals surface area contributed by atoms with Gasteiger partial charge in [0.1, 0.15) is 6.07 Å². The molecule has 172 valence electrons. The topological polar surface area (TPSA) is 81.8 Å². The van der Waals surface area contributed by atoms with Crippen molar-refractivity contribution in [1.82, 2.24) is 9.97 Å². The van der Waals surface area contributed by atoms with Crippen LogP contribution in [0.5, 0.6) is 0 Å². The van der Waals surface area contributed by atoms with E-state index in [0.29, 0.717) is 24.1 Å². The molecule has 2 aromatic rings. The molecular formula is C23H26ClF3N4O. The van der Waals surface area contributed by atoms with Crippen molar-refractivity contribution in [3.8, 4) is 6.07 Å². The van der Waals surface area contributed by atoms with Crippen LogP contribution < -0.4 is 5.32 Å². The summed E-state index contributed by atoms with van der Waals surface area (Å²) in [5.41, 5.74) is 0.0627. The molecule has 0 amide bonds. The summed E-state index contributed by atoms with van der Waals surface area (Å²) in [5, 5.41) is 22.2. The minimum absolute atomic E-state index is 0.0861. The maximum absolute atomic E-state index is 13.3. The largest absolute Gasteiger partial charge is 0.418 e. The Labute approximate surface area is 190 Å². The standard InChI is InChI=1S/C23H26ClF3N4O/c1-22(2)11-14(6-7-19(22)32)10-18-16(12-28)13-30-21(31-18)29-9-8-15-4-3-5-17(24)20(15)23(25,26)27/h3-5,13-14,19,32H,6-11H2,1-2H3,(H,29,30,31)/t14-,19-/m0/s1. The highest BCUT2D eigenvalue weighted by Gasteiger charge is 2.36. The Bertz CT molecular complexity index is 1000. The van der Waals surface area contributed by atoms with Gasteiger partial charge >= 0.3 is 6.18 Å². The summed E-state index contributed by atoms with van der Waals surface area (Å²) in [7, 11) is 0. The van der Waals surface area contributed by atoms with Gasteiger partial charge in [-0.1, -0.05) is 37.6 Å². The van der Waals surface area contributed by atoms with E-state index in [-0.39, 0.29) is 46.9 Å². The van der Waals surface area contributed by atoms with Crippen molar-refractivity contribution in [2.75, 3.05) is 11.9 Å². The molecule has 0 saturated heterocycles. The minimum Gasteiger partial charge on any atom is -0.393 e. The van der Waals surface area contributed by atoms with E-state index >= 15 is 0 Å². The molecule has 1 aromatic carbocycles. The fourth-order valence-corrected chi connectivity index (χ4v) is 4.67. The fourth-order valence-electron chi connectivity index (χ4n) is 4.37. The summed E-state index contributed by atoms with van der Waals surface area (Å²) in [6, 6.07) is 6.23. The lowest BCUT2D eigenvalue weighted by atomic mass is 9.69. The van der Waals surface area contributed by atoms with E-state index in [0.717, 1.165) is 12.8 Å². The van der Waals surface area contributed by atoms with Gasteiger partial charge in [-0.15, -0.1) is 0 Å². The molecule has 1 aromatic heterocycles. The number of nitrogens with one attached hydrogen (secondary N) is 1. The molecule has 9 heteroatoms. The van der Waals surface area contributed by atoms with Gasteiger partial charge in [0.15, 0.2) is 0 Å². The van der Waals surface area contributed by atoms with Crippen LogP contribution in [0.15, 0.2) is 24.4 Å². The summed E-state index contributed by atoms with van der Waals surface area (Å²) < 4.78 is 40.0. The average molecular weight is 467 g/mol. The third kappa shape index (κ3) is 5.70. The number of aliphatic hydroxyl groups is 1. The van der Waals surface area contributed by atoms with Crippen LogP contribution in [0.2, 0.25) is 5.02 Å². The molecule has 0 spiro atoms. The first-order valence-electron chi connectivity index (χ1n) is 10.5. The highest BCUT2D eigenvalue weighted by Crippen LogP contribution is 2.40. The molecule has 1 aliphatic rings. The molecule has 0 aliphatic heterocycles. The van der Waals surface area contributed by atoms with Gasteiger partial charge in [-0.25, -0.2) is 9.97 Å². The SMILES string of the molecule is CC1(C)C[C@H](Cc2nc(NCCc3cccc(Cl)c3C(F)(F)F)ncc2C#N)CC[C@@H]1O. The lowest BCUT2D eigenvalue weighted by Crippen LogP contribution is -2.37. The molecule has 0 unspecified atom stereocenters. The second kappa shape index (κ2) is 9.63. The molecular weight excluding hydrogens is 441 g/mol. The van der Waals surface area contributed by atoms with E-state index in [1.807, 2.05) is 13.8 Å². The molecule has 32 heavy (non-hydrogen) atoms. The van der Waals surface area contributed by atoms with Crippen molar-refractivity contribution in [1.29, 1.82) is 5.26 Å². The lowest BCUT2D eigenvalue weighted by Gasteiger charge is -2.39. The van der Waals surface area contributed by atoms with Crippen LogP contribution in [0, 0.1) is 22.7 Å². The number of aliphatic hydroxyl groups excluding tert-OH is 1. The predicted molar refractivity (Wildman–Crippen MR) is 116 cm³/mol. The first-order valence-corrected chi connectivity index (χ1v) is 10.9. The Balaban J connectivity index is 1.69. The third-order valence-electron chi connectivity index (χ3n) is 6.10. The van der Waals surface area contributed by atoms with Crippen LogP contribution in [-0.4, -0.2) is 27.7 Å². The molecule has 0 radical (unpaired) electrons. The highest BCUT2D eigenvalue weighted by atomic mass is 35.5. The molecule has 1 fully saturated rings. The monoisotopic (exact) mass is 466 g/mol. The fraction of sp³-hybridized carbons (Fsp3) is 0.522. The zero-order valence-electron chi connectivity index (χ0n) is 18.0. The van der Waals surface area contributed by atoms with Crippen molar-refractivity contribution >= 4 is 17.5 Å². The average Bonchev–Trinajstić information content (AvgIpc) is 2.70. The van der Waals surface area contributed by atoms with Crippen molar-refractivity contribution in [2.45, 2.75) is 58.2 Å². The number of hydrogen-bond acceptors (Lipinski definition) is 5. The predicted octanol–water partition coefficient (Wildman–Crippen LogP) is 5.40. The number of benzene rings is 1. The Morgan fingerprint density at radius 2 is 2.06 bits per heavy atom. The normalized spacial score (nSPS) is 20.6. The van der Waals surface area contributed by atoms with Gasteiger partial charge in [0.2, 0.25) is 5.95 Å². The maximum atomic E-state index is 13.3. The van der Waals surface area contributed by atoms with Gasteiger partial charge in [0.05, 0.1) is 34.1 Å². The quantitative estimate of drug-likeness (QED) is 0.595. The minimum atomic E-state index is -4.53. The number of hydrogen-bond donors (Lipinski definition) is 2. The maximum Gasteiger partial charge on any atom is 0.418 e. The summed E-state index contributed by atoms with van der Waals surface area (Å²) in [5.74, 6) is 0.550. The number of nitrogens with zero attached hydrogens (tertiary/aromatic N) is 3. The van der Waals surface area contributed by atoms with E-state index in [1.165, 1.54) is 24.4 Å². The molecule has 2 N–H and O–H groups in total. The molecule has 1 aliphatic carbocycles. The van der Waals surface area contributed by atoms with Crippen LogP contribution in [0.25, 0.3) is 0 Å². The number of halogens is 4. The number of aromatic nitrogens is 2. The smallest absolute Gasteiger partial charge is 0.393 e. The van der Waals surface area contributed by atoms with E-state index < -0.39 is 11.7 Å². The molecule has 3 rings (SSSR count). The first-order chi connectivity index (χ1) is 15.0. The lowest BCUT2D eigenvalue weighted by molar-refractivity contribution is -0.138. The van der Waals surface area contributed by atoms with Gasteiger partial charge in [0, 0.05) is 6.54 Å². The third-order valence-corrected chi connectivity index (χ3v) is 6.41. The van der Waals surface area contributed by atoms with Crippen LogP contribution in [0.4, 0.5) is 19.1 Å². The van der Waals surface area contributed by atoms with Crippen molar-refractivity contribution in [3.05, 3.63) is 51.8 Å². The van der Waals surface area contributed by atoms with Crippen molar-refractivity contribution in [3.63, 3.8) is 0 Å². The summed E-state index contributed by atoms with van der Waals surface area (Å²) >= 11 is 5.77. The molecule has 1 saturated carbocycles. The first kappa shape index (κ1) is 24.3. The molecule has 2 atom stereocenters.